The molecule has 0 radical (unpaired) electrons. The largest absolute Gasteiger partial charge is 0.492 e. The highest BCUT2D eigenvalue weighted by molar-refractivity contribution is 5.87. The van der Waals surface area contributed by atoms with Crippen LogP contribution in [0.25, 0.3) is 0 Å². The summed E-state index contributed by atoms with van der Waals surface area (Å²) in [4.78, 5) is 12.3. The van der Waals surface area contributed by atoms with E-state index in [1.165, 1.54) is 38.5 Å². The van der Waals surface area contributed by atoms with Gasteiger partial charge in [0.15, 0.2) is 0 Å². The van der Waals surface area contributed by atoms with E-state index in [9.17, 15) is 4.79 Å². The monoisotopic (exact) mass is 274 g/mol. The van der Waals surface area contributed by atoms with Gasteiger partial charge in [-0.3, -0.25) is 4.79 Å². The van der Waals surface area contributed by atoms with E-state index in [-0.39, 0.29) is 5.92 Å². The van der Waals surface area contributed by atoms with Crippen LogP contribution < -0.4 is 4.74 Å². The Labute approximate surface area is 122 Å². The first kappa shape index (κ1) is 15.1. The number of benzene rings is 1. The van der Waals surface area contributed by atoms with E-state index in [2.05, 4.69) is 6.92 Å². The fourth-order valence-electron chi connectivity index (χ4n) is 2.86. The third-order valence-corrected chi connectivity index (χ3v) is 4.12. The molecule has 1 aliphatic rings. The first-order chi connectivity index (χ1) is 9.83. The molecule has 0 bridgehead atoms. The van der Waals surface area contributed by atoms with Crippen LogP contribution in [-0.4, -0.2) is 12.4 Å². The Bertz CT molecular complexity index is 425. The van der Waals surface area contributed by atoms with Crippen LogP contribution in [-0.2, 0) is 4.79 Å². The van der Waals surface area contributed by atoms with Gasteiger partial charge in [0.05, 0.1) is 5.92 Å². The number of fused-ring (bicyclic) bond motifs is 1. The van der Waals surface area contributed by atoms with Crippen LogP contribution in [0.15, 0.2) is 24.3 Å². The molecule has 1 aliphatic heterocycles. The number of carbonyl (C=O) groups is 1. The molecule has 0 aromatic heterocycles. The standard InChI is InChI=1S/C18H26O2/c1-2-3-4-5-6-7-8-12-17(19)16-14-20-18-13-10-9-11-15(16)18/h9-11,13,16H,2-8,12,14H2,1H3. The Kier molecular flexibility index (Phi) is 6.10. The van der Waals surface area contributed by atoms with E-state index in [4.69, 9.17) is 4.74 Å². The maximum absolute atomic E-state index is 12.3. The summed E-state index contributed by atoms with van der Waals surface area (Å²) in [5.74, 6) is 1.22. The molecule has 20 heavy (non-hydrogen) atoms. The maximum atomic E-state index is 12.3. The van der Waals surface area contributed by atoms with Gasteiger partial charge in [0.2, 0.25) is 0 Å². The van der Waals surface area contributed by atoms with Crippen molar-refractivity contribution in [3.8, 4) is 5.75 Å². The second-order valence-corrected chi connectivity index (χ2v) is 5.74. The zero-order valence-corrected chi connectivity index (χ0v) is 12.6. The van der Waals surface area contributed by atoms with Crippen molar-refractivity contribution in [2.24, 2.45) is 0 Å². The number of rotatable bonds is 9. The topological polar surface area (TPSA) is 26.3 Å². The second kappa shape index (κ2) is 8.08. The van der Waals surface area contributed by atoms with Gasteiger partial charge < -0.3 is 4.74 Å². The van der Waals surface area contributed by atoms with Crippen molar-refractivity contribution in [3.05, 3.63) is 29.8 Å². The second-order valence-electron chi connectivity index (χ2n) is 5.74. The lowest BCUT2D eigenvalue weighted by Gasteiger charge is -2.07. The Morgan fingerprint density at radius 3 is 2.60 bits per heavy atom. The van der Waals surface area contributed by atoms with Gasteiger partial charge >= 0.3 is 0 Å². The lowest BCUT2D eigenvalue weighted by Crippen LogP contribution is -2.13. The molecule has 2 rings (SSSR count). The molecule has 0 aliphatic carbocycles. The minimum atomic E-state index is -0.0220. The van der Waals surface area contributed by atoms with Crippen molar-refractivity contribution in [1.82, 2.24) is 0 Å². The van der Waals surface area contributed by atoms with E-state index in [1.807, 2.05) is 24.3 Å². The van der Waals surface area contributed by atoms with Gasteiger partial charge in [-0.1, -0.05) is 63.6 Å². The number of ether oxygens (including phenoxy) is 1. The predicted octanol–water partition coefficient (Wildman–Crippen LogP) is 4.87. The molecular weight excluding hydrogens is 248 g/mol. The first-order valence-corrected chi connectivity index (χ1v) is 8.07. The number of hydrogen-bond acceptors (Lipinski definition) is 2. The van der Waals surface area contributed by atoms with Crippen molar-refractivity contribution >= 4 is 5.78 Å². The number of carbonyl (C=O) groups excluding carboxylic acids is 1. The van der Waals surface area contributed by atoms with Crippen LogP contribution in [0.3, 0.4) is 0 Å². The van der Waals surface area contributed by atoms with Crippen molar-refractivity contribution in [1.29, 1.82) is 0 Å². The Morgan fingerprint density at radius 2 is 1.80 bits per heavy atom. The smallest absolute Gasteiger partial charge is 0.143 e. The summed E-state index contributed by atoms with van der Waals surface area (Å²) in [6.45, 7) is 2.77. The van der Waals surface area contributed by atoms with E-state index in [1.54, 1.807) is 0 Å². The van der Waals surface area contributed by atoms with Crippen LogP contribution in [0, 0.1) is 0 Å². The Balaban J connectivity index is 1.66. The molecule has 0 spiro atoms. The molecule has 1 aromatic carbocycles. The highest BCUT2D eigenvalue weighted by Gasteiger charge is 2.28. The van der Waals surface area contributed by atoms with Crippen LogP contribution in [0.5, 0.6) is 5.75 Å². The van der Waals surface area contributed by atoms with Gasteiger partial charge in [0.25, 0.3) is 0 Å². The van der Waals surface area contributed by atoms with Gasteiger partial charge in [0, 0.05) is 12.0 Å². The van der Waals surface area contributed by atoms with Crippen molar-refractivity contribution in [2.75, 3.05) is 6.61 Å². The van der Waals surface area contributed by atoms with E-state index in [0.717, 1.165) is 17.7 Å². The summed E-state index contributed by atoms with van der Waals surface area (Å²) in [7, 11) is 0. The summed E-state index contributed by atoms with van der Waals surface area (Å²) in [5.41, 5.74) is 1.08. The fraction of sp³-hybridized carbons (Fsp3) is 0.611. The van der Waals surface area contributed by atoms with Crippen LogP contribution >= 0.6 is 0 Å². The normalized spacial score (nSPS) is 16.8. The molecule has 0 N–H and O–H groups in total. The lowest BCUT2D eigenvalue weighted by atomic mass is 9.93. The van der Waals surface area contributed by atoms with E-state index >= 15 is 0 Å². The molecule has 1 heterocycles. The summed E-state index contributed by atoms with van der Waals surface area (Å²) < 4.78 is 5.58. The molecule has 0 saturated heterocycles. The third kappa shape index (κ3) is 4.09. The average molecular weight is 274 g/mol. The highest BCUT2D eigenvalue weighted by atomic mass is 16.5. The van der Waals surface area contributed by atoms with Crippen molar-refractivity contribution in [3.63, 3.8) is 0 Å². The Morgan fingerprint density at radius 1 is 1.10 bits per heavy atom. The minimum Gasteiger partial charge on any atom is -0.492 e. The van der Waals surface area contributed by atoms with E-state index < -0.39 is 0 Å². The number of Topliss-reactive ketones (excluding diaryl/α,β-unsaturated/α-hetero) is 1. The summed E-state index contributed by atoms with van der Waals surface area (Å²) in [5, 5.41) is 0. The highest BCUT2D eigenvalue weighted by Crippen LogP contribution is 2.34. The summed E-state index contributed by atoms with van der Waals surface area (Å²) in [6, 6.07) is 7.93. The quantitative estimate of drug-likeness (QED) is 0.600. The zero-order chi connectivity index (χ0) is 14.2. The molecule has 2 heteroatoms. The van der Waals surface area contributed by atoms with Crippen molar-refractivity contribution in [2.45, 2.75) is 64.2 Å². The molecule has 2 nitrogen and oxygen atoms in total. The van der Waals surface area contributed by atoms with Gasteiger partial charge in [-0.05, 0) is 12.5 Å². The van der Waals surface area contributed by atoms with E-state index in [0.29, 0.717) is 18.8 Å². The molecular formula is C18H26O2. The molecule has 1 atom stereocenters. The van der Waals surface area contributed by atoms with Gasteiger partial charge in [0.1, 0.15) is 18.1 Å². The Hall–Kier alpha value is -1.31. The molecule has 0 saturated carbocycles. The fourth-order valence-corrected chi connectivity index (χ4v) is 2.86. The zero-order valence-electron chi connectivity index (χ0n) is 12.6. The summed E-state index contributed by atoms with van der Waals surface area (Å²) in [6.07, 6.45) is 9.48. The summed E-state index contributed by atoms with van der Waals surface area (Å²) >= 11 is 0. The van der Waals surface area contributed by atoms with Gasteiger partial charge in [-0.25, -0.2) is 0 Å². The predicted molar refractivity (Wildman–Crippen MR) is 82.3 cm³/mol. The molecule has 1 unspecified atom stereocenters. The van der Waals surface area contributed by atoms with Crippen LogP contribution in [0.4, 0.5) is 0 Å². The van der Waals surface area contributed by atoms with Gasteiger partial charge in [-0.15, -0.1) is 0 Å². The lowest BCUT2D eigenvalue weighted by molar-refractivity contribution is -0.120. The van der Waals surface area contributed by atoms with Crippen molar-refractivity contribution < 1.29 is 9.53 Å². The number of ketones is 1. The van der Waals surface area contributed by atoms with Gasteiger partial charge in [-0.2, -0.15) is 0 Å². The number of unbranched alkanes of at least 4 members (excludes halogenated alkanes) is 6. The minimum absolute atomic E-state index is 0.0220. The average Bonchev–Trinajstić information content (AvgIpc) is 2.90. The first-order valence-electron chi connectivity index (χ1n) is 8.07. The third-order valence-electron chi connectivity index (χ3n) is 4.12. The van der Waals surface area contributed by atoms with Crippen LogP contribution in [0.2, 0.25) is 0 Å². The SMILES string of the molecule is CCCCCCCCCC(=O)C1COc2ccccc21. The molecule has 110 valence electrons. The maximum Gasteiger partial charge on any atom is 0.143 e. The molecule has 0 amide bonds. The van der Waals surface area contributed by atoms with Crippen LogP contribution in [0.1, 0.15) is 69.8 Å². The molecule has 1 aromatic rings. The number of para-hydroxylation sites is 1. The number of hydrogen-bond donors (Lipinski definition) is 0. The molecule has 0 fully saturated rings.